The van der Waals surface area contributed by atoms with Crippen LogP contribution in [0.5, 0.6) is 0 Å². The molecule has 6 nitrogen and oxygen atoms in total. The summed E-state index contributed by atoms with van der Waals surface area (Å²) in [6.07, 6.45) is 3.68. The van der Waals surface area contributed by atoms with Crippen molar-refractivity contribution in [2.24, 2.45) is 5.92 Å². The van der Waals surface area contributed by atoms with Gasteiger partial charge >= 0.3 is 5.97 Å². The molecule has 0 amide bonds. The average Bonchev–Trinajstić information content (AvgIpc) is 2.86. The maximum atomic E-state index is 10.9. The zero-order valence-corrected chi connectivity index (χ0v) is 12.3. The summed E-state index contributed by atoms with van der Waals surface area (Å²) in [5, 5.41) is 12.2. The SMILES string of the molecule is CC(C)Cn1cncc1CNCc1cccc(C(=O)O)n1. The van der Waals surface area contributed by atoms with Crippen molar-refractivity contribution in [3.05, 3.63) is 47.8 Å². The summed E-state index contributed by atoms with van der Waals surface area (Å²) in [6, 6.07) is 5.00. The van der Waals surface area contributed by atoms with Crippen LogP contribution >= 0.6 is 0 Å². The molecule has 2 rings (SSSR count). The number of pyridine rings is 1. The van der Waals surface area contributed by atoms with Crippen molar-refractivity contribution in [1.29, 1.82) is 0 Å². The first kappa shape index (κ1) is 15.2. The number of aromatic nitrogens is 3. The Bertz CT molecular complexity index is 607. The van der Waals surface area contributed by atoms with Crippen LogP contribution < -0.4 is 5.32 Å². The quantitative estimate of drug-likeness (QED) is 0.813. The minimum Gasteiger partial charge on any atom is -0.477 e. The molecule has 6 heteroatoms. The first-order chi connectivity index (χ1) is 10.1. The minimum absolute atomic E-state index is 0.0687. The molecule has 2 N–H and O–H groups in total. The number of carboxylic acids is 1. The zero-order valence-electron chi connectivity index (χ0n) is 12.3. The summed E-state index contributed by atoms with van der Waals surface area (Å²) in [5.74, 6) is -0.446. The number of carbonyl (C=O) groups is 1. The van der Waals surface area contributed by atoms with E-state index in [0.29, 0.717) is 24.7 Å². The molecule has 2 heterocycles. The third-order valence-electron chi connectivity index (χ3n) is 3.00. The number of hydrogen-bond acceptors (Lipinski definition) is 4. The molecule has 2 aromatic heterocycles. The van der Waals surface area contributed by atoms with E-state index < -0.39 is 5.97 Å². The predicted molar refractivity (Wildman–Crippen MR) is 78.8 cm³/mol. The van der Waals surface area contributed by atoms with E-state index in [1.807, 2.05) is 18.6 Å². The van der Waals surface area contributed by atoms with Crippen molar-refractivity contribution in [1.82, 2.24) is 19.9 Å². The molecule has 0 radical (unpaired) electrons. The summed E-state index contributed by atoms with van der Waals surface area (Å²) >= 11 is 0. The van der Waals surface area contributed by atoms with Crippen LogP contribution in [0.2, 0.25) is 0 Å². The van der Waals surface area contributed by atoms with Gasteiger partial charge in [-0.2, -0.15) is 0 Å². The Kier molecular flexibility index (Phi) is 5.05. The maximum Gasteiger partial charge on any atom is 0.354 e. The monoisotopic (exact) mass is 288 g/mol. The molecule has 0 saturated carbocycles. The van der Waals surface area contributed by atoms with Gasteiger partial charge in [0.05, 0.1) is 17.7 Å². The maximum absolute atomic E-state index is 10.9. The van der Waals surface area contributed by atoms with Crippen molar-refractivity contribution >= 4 is 5.97 Å². The summed E-state index contributed by atoms with van der Waals surface area (Å²) < 4.78 is 2.12. The lowest BCUT2D eigenvalue weighted by molar-refractivity contribution is 0.0690. The van der Waals surface area contributed by atoms with Gasteiger partial charge in [-0.15, -0.1) is 0 Å². The van der Waals surface area contributed by atoms with Crippen LogP contribution in [-0.2, 0) is 19.6 Å². The molecule has 0 aliphatic heterocycles. The summed E-state index contributed by atoms with van der Waals surface area (Å²) in [5.41, 5.74) is 1.89. The molecule has 0 spiro atoms. The van der Waals surface area contributed by atoms with Crippen LogP contribution in [0.25, 0.3) is 0 Å². The number of rotatable bonds is 7. The second-order valence-corrected chi connectivity index (χ2v) is 5.35. The highest BCUT2D eigenvalue weighted by molar-refractivity contribution is 5.85. The van der Waals surface area contributed by atoms with E-state index in [1.165, 1.54) is 6.07 Å². The van der Waals surface area contributed by atoms with E-state index in [2.05, 4.69) is 33.7 Å². The van der Waals surface area contributed by atoms with Crippen LogP contribution in [0.3, 0.4) is 0 Å². The topological polar surface area (TPSA) is 80.0 Å². The van der Waals surface area contributed by atoms with Gasteiger partial charge < -0.3 is 15.0 Å². The number of nitrogens with one attached hydrogen (secondary N) is 1. The fourth-order valence-corrected chi connectivity index (χ4v) is 2.07. The van der Waals surface area contributed by atoms with Gasteiger partial charge in [-0.05, 0) is 18.1 Å². The fraction of sp³-hybridized carbons (Fsp3) is 0.400. The normalized spacial score (nSPS) is 11.0. The lowest BCUT2D eigenvalue weighted by Gasteiger charge is -2.11. The molecule has 0 fully saturated rings. The van der Waals surface area contributed by atoms with E-state index in [1.54, 1.807) is 6.07 Å². The molecule has 0 aliphatic carbocycles. The Balaban J connectivity index is 1.91. The van der Waals surface area contributed by atoms with Crippen molar-refractivity contribution in [2.75, 3.05) is 0 Å². The average molecular weight is 288 g/mol. The third-order valence-corrected chi connectivity index (χ3v) is 3.00. The second-order valence-electron chi connectivity index (χ2n) is 5.35. The standard InChI is InChI=1S/C15H20N4O2/c1-11(2)9-19-10-17-8-13(19)7-16-6-12-4-3-5-14(18-12)15(20)21/h3-5,8,10-11,16H,6-7,9H2,1-2H3,(H,20,21). The molecular formula is C15H20N4O2. The Labute approximate surface area is 123 Å². The van der Waals surface area contributed by atoms with Crippen LogP contribution in [0, 0.1) is 5.92 Å². The molecule has 0 bridgehead atoms. The Hall–Kier alpha value is -2.21. The lowest BCUT2D eigenvalue weighted by atomic mass is 10.2. The highest BCUT2D eigenvalue weighted by Crippen LogP contribution is 2.05. The van der Waals surface area contributed by atoms with Crippen LogP contribution in [-0.4, -0.2) is 25.6 Å². The number of hydrogen-bond donors (Lipinski definition) is 2. The van der Waals surface area contributed by atoms with Crippen molar-refractivity contribution in [3.8, 4) is 0 Å². The summed E-state index contributed by atoms with van der Waals surface area (Å²) in [4.78, 5) is 19.1. The zero-order chi connectivity index (χ0) is 15.2. The smallest absolute Gasteiger partial charge is 0.354 e. The van der Waals surface area contributed by atoms with Gasteiger partial charge in [-0.1, -0.05) is 19.9 Å². The van der Waals surface area contributed by atoms with Crippen molar-refractivity contribution < 1.29 is 9.90 Å². The molecule has 0 unspecified atom stereocenters. The van der Waals surface area contributed by atoms with Gasteiger partial charge in [-0.25, -0.2) is 14.8 Å². The number of nitrogens with zero attached hydrogens (tertiary/aromatic N) is 3. The minimum atomic E-state index is -1.01. The fourth-order valence-electron chi connectivity index (χ4n) is 2.07. The van der Waals surface area contributed by atoms with Gasteiger partial charge in [0.2, 0.25) is 0 Å². The molecule has 112 valence electrons. The van der Waals surface area contributed by atoms with E-state index in [4.69, 9.17) is 5.11 Å². The number of imidazole rings is 1. The molecule has 0 aliphatic rings. The highest BCUT2D eigenvalue weighted by atomic mass is 16.4. The predicted octanol–water partition coefficient (Wildman–Crippen LogP) is 1.92. The molecule has 21 heavy (non-hydrogen) atoms. The second kappa shape index (κ2) is 6.99. The largest absolute Gasteiger partial charge is 0.477 e. The van der Waals surface area contributed by atoms with Gasteiger partial charge in [0.15, 0.2) is 0 Å². The number of carboxylic acid groups (broad SMARTS) is 1. The highest BCUT2D eigenvalue weighted by Gasteiger charge is 2.06. The van der Waals surface area contributed by atoms with Gasteiger partial charge in [0.1, 0.15) is 5.69 Å². The third kappa shape index (κ3) is 4.39. The van der Waals surface area contributed by atoms with E-state index in [9.17, 15) is 4.79 Å². The first-order valence-electron chi connectivity index (χ1n) is 6.95. The Morgan fingerprint density at radius 2 is 2.19 bits per heavy atom. The summed E-state index contributed by atoms with van der Waals surface area (Å²) in [6.45, 7) is 6.46. The Morgan fingerprint density at radius 3 is 2.90 bits per heavy atom. The van der Waals surface area contributed by atoms with Gasteiger partial charge in [-0.3, -0.25) is 0 Å². The van der Waals surface area contributed by atoms with Gasteiger partial charge in [0.25, 0.3) is 0 Å². The van der Waals surface area contributed by atoms with E-state index in [-0.39, 0.29) is 5.69 Å². The molecular weight excluding hydrogens is 268 g/mol. The Morgan fingerprint density at radius 1 is 1.38 bits per heavy atom. The molecule has 2 aromatic rings. The first-order valence-corrected chi connectivity index (χ1v) is 6.95. The van der Waals surface area contributed by atoms with Crippen molar-refractivity contribution in [3.63, 3.8) is 0 Å². The van der Waals surface area contributed by atoms with Crippen LogP contribution in [0.4, 0.5) is 0 Å². The van der Waals surface area contributed by atoms with Gasteiger partial charge in [0, 0.05) is 25.8 Å². The molecule has 0 atom stereocenters. The van der Waals surface area contributed by atoms with Crippen LogP contribution in [0.1, 0.15) is 35.7 Å². The lowest BCUT2D eigenvalue weighted by Crippen LogP contribution is -2.18. The van der Waals surface area contributed by atoms with E-state index in [0.717, 1.165) is 12.2 Å². The van der Waals surface area contributed by atoms with Crippen molar-refractivity contribution in [2.45, 2.75) is 33.5 Å². The summed E-state index contributed by atoms with van der Waals surface area (Å²) in [7, 11) is 0. The molecule has 0 saturated heterocycles. The van der Waals surface area contributed by atoms with Crippen LogP contribution in [0.15, 0.2) is 30.7 Å². The van der Waals surface area contributed by atoms with E-state index >= 15 is 0 Å². The molecule has 0 aromatic carbocycles. The number of aromatic carboxylic acids is 1.